The van der Waals surface area contributed by atoms with E-state index in [1.807, 2.05) is 0 Å². The molecule has 0 aliphatic heterocycles. The average molecular weight is 261 g/mol. The number of aliphatic carboxylic acids is 2. The molecule has 0 aromatic carbocycles. The first kappa shape index (κ1) is 13.0. The quantitative estimate of drug-likeness (QED) is 0.608. The molecule has 0 aliphatic carbocycles. The summed E-state index contributed by atoms with van der Waals surface area (Å²) >= 11 is 5.57. The van der Waals surface area contributed by atoms with Crippen molar-refractivity contribution in [3.05, 3.63) is 23.0 Å². The number of carboxylic acid groups (broad SMARTS) is 2. The molecule has 0 spiro atoms. The summed E-state index contributed by atoms with van der Waals surface area (Å²) in [4.78, 5) is 35.1. The van der Waals surface area contributed by atoms with Crippen LogP contribution >= 0.6 is 11.6 Å². The van der Waals surface area contributed by atoms with Gasteiger partial charge in [0.05, 0.1) is 11.4 Å². The Hall–Kier alpha value is -2.02. The Morgan fingerprint density at radius 2 is 2.06 bits per heavy atom. The SMILES string of the molecule is O=C(O)C[C@H](NC(=O)c1cc(Cl)c[nH]1)C(=O)O. The number of carbonyl (C=O) groups is 3. The molecule has 1 amide bonds. The van der Waals surface area contributed by atoms with Crippen LogP contribution in [0.2, 0.25) is 5.02 Å². The average Bonchev–Trinajstić information content (AvgIpc) is 2.63. The highest BCUT2D eigenvalue weighted by molar-refractivity contribution is 6.31. The molecule has 7 nitrogen and oxygen atoms in total. The molecule has 0 aliphatic rings. The predicted molar refractivity (Wildman–Crippen MR) is 56.9 cm³/mol. The van der Waals surface area contributed by atoms with Gasteiger partial charge in [0.25, 0.3) is 5.91 Å². The molecule has 17 heavy (non-hydrogen) atoms. The summed E-state index contributed by atoms with van der Waals surface area (Å²) < 4.78 is 0. The molecule has 0 saturated heterocycles. The van der Waals surface area contributed by atoms with Crippen molar-refractivity contribution in [3.8, 4) is 0 Å². The number of carbonyl (C=O) groups excluding carboxylic acids is 1. The minimum Gasteiger partial charge on any atom is -0.481 e. The Morgan fingerprint density at radius 3 is 2.47 bits per heavy atom. The summed E-state index contributed by atoms with van der Waals surface area (Å²) in [5.41, 5.74) is 0.0617. The highest BCUT2D eigenvalue weighted by Gasteiger charge is 2.23. The molecule has 8 heteroatoms. The first-order valence-electron chi connectivity index (χ1n) is 4.49. The predicted octanol–water partition coefficient (Wildman–Crippen LogP) is 0.326. The molecule has 0 fully saturated rings. The molecular formula is C9H9ClN2O5. The van der Waals surface area contributed by atoms with Gasteiger partial charge in [-0.3, -0.25) is 9.59 Å². The van der Waals surface area contributed by atoms with Gasteiger partial charge >= 0.3 is 11.9 Å². The Labute approximate surface area is 100 Å². The number of hydrogen-bond acceptors (Lipinski definition) is 3. The Morgan fingerprint density at radius 1 is 1.41 bits per heavy atom. The first-order chi connectivity index (χ1) is 7.90. The van der Waals surface area contributed by atoms with E-state index in [1.165, 1.54) is 12.3 Å². The molecule has 1 heterocycles. The van der Waals surface area contributed by atoms with Crippen LogP contribution in [0, 0.1) is 0 Å². The molecule has 0 bridgehead atoms. The number of H-pyrrole nitrogens is 1. The Balaban J connectivity index is 2.70. The standard InChI is InChI=1S/C9H9ClN2O5/c10-4-1-5(11-3-4)8(15)12-6(9(16)17)2-7(13)14/h1,3,6,11H,2H2,(H,12,15)(H,13,14)(H,16,17)/t6-/m0/s1. The van der Waals surface area contributed by atoms with Gasteiger partial charge in [0, 0.05) is 6.20 Å². The Kier molecular flexibility index (Phi) is 4.11. The summed E-state index contributed by atoms with van der Waals surface area (Å²) in [6, 6.07) is -0.182. The van der Waals surface area contributed by atoms with E-state index in [0.29, 0.717) is 5.02 Å². The van der Waals surface area contributed by atoms with Crippen LogP contribution in [0.1, 0.15) is 16.9 Å². The fourth-order valence-electron chi connectivity index (χ4n) is 1.11. The van der Waals surface area contributed by atoms with E-state index in [0.717, 1.165) is 0 Å². The molecule has 4 N–H and O–H groups in total. The molecular weight excluding hydrogens is 252 g/mol. The number of nitrogens with one attached hydrogen (secondary N) is 2. The number of halogens is 1. The third-order valence-corrected chi connectivity index (χ3v) is 2.09. The molecule has 0 saturated carbocycles. The fraction of sp³-hybridized carbons (Fsp3) is 0.222. The monoisotopic (exact) mass is 260 g/mol. The lowest BCUT2D eigenvalue weighted by Gasteiger charge is -2.11. The van der Waals surface area contributed by atoms with Crippen LogP contribution in [0.15, 0.2) is 12.3 Å². The van der Waals surface area contributed by atoms with Gasteiger partial charge in [-0.05, 0) is 6.07 Å². The lowest BCUT2D eigenvalue weighted by Crippen LogP contribution is -2.42. The lowest BCUT2D eigenvalue weighted by molar-refractivity contribution is -0.145. The molecule has 92 valence electrons. The zero-order valence-corrected chi connectivity index (χ0v) is 9.19. The van der Waals surface area contributed by atoms with Gasteiger partial charge in [0.2, 0.25) is 0 Å². The number of rotatable bonds is 5. The topological polar surface area (TPSA) is 119 Å². The molecule has 1 atom stereocenters. The second-order valence-electron chi connectivity index (χ2n) is 3.19. The van der Waals surface area contributed by atoms with Crippen LogP contribution in [0.25, 0.3) is 0 Å². The normalized spacial score (nSPS) is 11.8. The zero-order valence-electron chi connectivity index (χ0n) is 8.44. The maximum absolute atomic E-state index is 11.5. The van der Waals surface area contributed by atoms with Crippen molar-refractivity contribution in [2.75, 3.05) is 0 Å². The van der Waals surface area contributed by atoms with E-state index in [-0.39, 0.29) is 5.69 Å². The van der Waals surface area contributed by atoms with Gasteiger partial charge in [-0.25, -0.2) is 4.79 Å². The van der Waals surface area contributed by atoms with Gasteiger partial charge in [-0.1, -0.05) is 11.6 Å². The molecule has 0 unspecified atom stereocenters. The van der Waals surface area contributed by atoms with E-state index >= 15 is 0 Å². The lowest BCUT2D eigenvalue weighted by atomic mass is 10.2. The van der Waals surface area contributed by atoms with E-state index in [1.54, 1.807) is 0 Å². The molecule has 0 radical (unpaired) electrons. The number of amides is 1. The summed E-state index contributed by atoms with van der Waals surface area (Å²) in [6.07, 6.45) is 0.652. The van der Waals surface area contributed by atoms with Crippen molar-refractivity contribution < 1.29 is 24.6 Å². The molecule has 1 aromatic heterocycles. The molecule has 1 aromatic rings. The third kappa shape index (κ3) is 3.80. The summed E-state index contributed by atoms with van der Waals surface area (Å²) in [6.45, 7) is 0. The number of hydrogen-bond donors (Lipinski definition) is 4. The van der Waals surface area contributed by atoms with Crippen molar-refractivity contribution in [1.82, 2.24) is 10.3 Å². The second kappa shape index (κ2) is 5.35. The third-order valence-electron chi connectivity index (χ3n) is 1.87. The highest BCUT2D eigenvalue weighted by atomic mass is 35.5. The van der Waals surface area contributed by atoms with E-state index in [4.69, 9.17) is 21.8 Å². The van der Waals surface area contributed by atoms with Crippen molar-refractivity contribution in [2.24, 2.45) is 0 Å². The van der Waals surface area contributed by atoms with Gasteiger partial charge in [-0.15, -0.1) is 0 Å². The van der Waals surface area contributed by atoms with Crippen LogP contribution in [0.3, 0.4) is 0 Å². The van der Waals surface area contributed by atoms with Gasteiger partial charge in [0.1, 0.15) is 11.7 Å². The minimum atomic E-state index is -1.48. The van der Waals surface area contributed by atoms with Crippen molar-refractivity contribution in [3.63, 3.8) is 0 Å². The van der Waals surface area contributed by atoms with Crippen molar-refractivity contribution in [2.45, 2.75) is 12.5 Å². The number of carboxylic acids is 2. The number of aromatic nitrogens is 1. The summed E-state index contributed by atoms with van der Waals surface area (Å²) in [7, 11) is 0. The van der Waals surface area contributed by atoms with E-state index in [9.17, 15) is 14.4 Å². The summed E-state index contributed by atoms with van der Waals surface area (Å²) in [5.74, 6) is -3.47. The Bertz CT molecular complexity index is 456. The van der Waals surface area contributed by atoms with Crippen molar-refractivity contribution in [1.29, 1.82) is 0 Å². The van der Waals surface area contributed by atoms with Gasteiger partial charge < -0.3 is 20.5 Å². The first-order valence-corrected chi connectivity index (χ1v) is 4.87. The van der Waals surface area contributed by atoms with E-state index in [2.05, 4.69) is 10.3 Å². The van der Waals surface area contributed by atoms with Crippen LogP contribution in [0.5, 0.6) is 0 Å². The van der Waals surface area contributed by atoms with Crippen LogP contribution < -0.4 is 5.32 Å². The van der Waals surface area contributed by atoms with Crippen LogP contribution in [-0.2, 0) is 9.59 Å². The van der Waals surface area contributed by atoms with Crippen LogP contribution in [-0.4, -0.2) is 39.1 Å². The molecule has 1 rings (SSSR count). The largest absolute Gasteiger partial charge is 0.481 e. The maximum Gasteiger partial charge on any atom is 0.326 e. The maximum atomic E-state index is 11.5. The van der Waals surface area contributed by atoms with E-state index < -0.39 is 30.3 Å². The van der Waals surface area contributed by atoms with Crippen molar-refractivity contribution >= 4 is 29.4 Å². The second-order valence-corrected chi connectivity index (χ2v) is 3.63. The van der Waals surface area contributed by atoms with Gasteiger partial charge in [-0.2, -0.15) is 0 Å². The fourth-order valence-corrected chi connectivity index (χ4v) is 1.27. The van der Waals surface area contributed by atoms with Gasteiger partial charge in [0.15, 0.2) is 0 Å². The zero-order chi connectivity index (χ0) is 13.0. The smallest absolute Gasteiger partial charge is 0.326 e. The number of aromatic amines is 1. The van der Waals surface area contributed by atoms with Crippen LogP contribution in [0.4, 0.5) is 0 Å². The highest BCUT2D eigenvalue weighted by Crippen LogP contribution is 2.09. The summed E-state index contributed by atoms with van der Waals surface area (Å²) in [5, 5.41) is 19.5. The minimum absolute atomic E-state index is 0.0617.